The monoisotopic (exact) mass is 285 g/mol. The van der Waals surface area contributed by atoms with Gasteiger partial charge in [0.1, 0.15) is 0 Å². The summed E-state index contributed by atoms with van der Waals surface area (Å²) in [6.07, 6.45) is 4.84. The summed E-state index contributed by atoms with van der Waals surface area (Å²) < 4.78 is 2.04. The molecule has 1 unspecified atom stereocenters. The van der Waals surface area contributed by atoms with Gasteiger partial charge in [-0.1, -0.05) is 33.8 Å². The highest BCUT2D eigenvalue weighted by molar-refractivity contribution is 5.58. The number of hydrogen-bond donors (Lipinski definition) is 1. The van der Waals surface area contributed by atoms with Gasteiger partial charge in [-0.2, -0.15) is 5.10 Å². The van der Waals surface area contributed by atoms with E-state index in [4.69, 9.17) is 5.10 Å². The van der Waals surface area contributed by atoms with Gasteiger partial charge in [0, 0.05) is 17.8 Å². The molecule has 3 rings (SSSR count). The Hall–Kier alpha value is -1.35. The molecule has 0 saturated heterocycles. The van der Waals surface area contributed by atoms with Gasteiger partial charge in [-0.25, -0.2) is 4.52 Å². The molecule has 0 bridgehead atoms. The van der Waals surface area contributed by atoms with E-state index in [1.807, 2.05) is 4.52 Å². The summed E-state index contributed by atoms with van der Waals surface area (Å²) in [5.74, 6) is 1.91. The van der Waals surface area contributed by atoms with Crippen molar-refractivity contribution in [2.24, 2.45) is 11.8 Å². The molecule has 2 aromatic heterocycles. The molecule has 0 spiro atoms. The van der Waals surface area contributed by atoms with Crippen molar-refractivity contribution in [2.75, 3.05) is 6.54 Å². The van der Waals surface area contributed by atoms with Gasteiger partial charge in [-0.3, -0.25) is 0 Å². The molecular formula is C18H27N3. The van der Waals surface area contributed by atoms with Crippen LogP contribution in [0.5, 0.6) is 0 Å². The minimum absolute atomic E-state index is 0.392. The predicted octanol–water partition coefficient (Wildman–Crippen LogP) is 4.15. The van der Waals surface area contributed by atoms with Gasteiger partial charge in [0.15, 0.2) is 0 Å². The van der Waals surface area contributed by atoms with E-state index in [0.717, 1.165) is 12.5 Å². The van der Waals surface area contributed by atoms with Crippen LogP contribution in [0.1, 0.15) is 63.8 Å². The number of pyridine rings is 1. The molecule has 0 amide bonds. The fourth-order valence-corrected chi connectivity index (χ4v) is 3.07. The summed E-state index contributed by atoms with van der Waals surface area (Å²) in [5.41, 5.74) is 3.90. The van der Waals surface area contributed by atoms with Crippen molar-refractivity contribution in [3.05, 3.63) is 35.7 Å². The number of aromatic nitrogens is 2. The zero-order valence-corrected chi connectivity index (χ0v) is 13.6. The number of nitrogens with zero attached hydrogens (tertiary/aromatic N) is 2. The number of fused-ring (bicyclic) bond motifs is 1. The molecule has 1 aliphatic carbocycles. The summed E-state index contributed by atoms with van der Waals surface area (Å²) >= 11 is 0. The van der Waals surface area contributed by atoms with Crippen molar-refractivity contribution in [3.63, 3.8) is 0 Å². The summed E-state index contributed by atoms with van der Waals surface area (Å²) in [4.78, 5) is 0. The lowest BCUT2D eigenvalue weighted by Crippen LogP contribution is -2.28. The molecule has 1 N–H and O–H groups in total. The molecule has 2 heterocycles. The Bertz CT molecular complexity index is 608. The average Bonchev–Trinajstić information content (AvgIpc) is 3.18. The van der Waals surface area contributed by atoms with Crippen molar-refractivity contribution in [1.29, 1.82) is 0 Å². The number of rotatable bonds is 6. The van der Waals surface area contributed by atoms with Crippen LogP contribution in [0.15, 0.2) is 24.4 Å². The van der Waals surface area contributed by atoms with Gasteiger partial charge in [-0.05, 0) is 49.3 Å². The Morgan fingerprint density at radius 3 is 2.62 bits per heavy atom. The van der Waals surface area contributed by atoms with Crippen LogP contribution in [0.2, 0.25) is 0 Å². The molecule has 1 fully saturated rings. The normalized spacial score (nSPS) is 17.0. The highest BCUT2D eigenvalue weighted by Crippen LogP contribution is 2.34. The van der Waals surface area contributed by atoms with Crippen LogP contribution < -0.4 is 5.32 Å². The van der Waals surface area contributed by atoms with Crippen LogP contribution in [0.25, 0.3) is 5.52 Å². The van der Waals surface area contributed by atoms with Crippen LogP contribution in [0.3, 0.4) is 0 Å². The minimum atomic E-state index is 0.392. The van der Waals surface area contributed by atoms with Crippen LogP contribution in [-0.2, 0) is 0 Å². The smallest absolute Gasteiger partial charge is 0.0712 e. The van der Waals surface area contributed by atoms with Crippen molar-refractivity contribution in [2.45, 2.75) is 52.5 Å². The lowest BCUT2D eigenvalue weighted by atomic mass is 9.91. The molecular weight excluding hydrogens is 258 g/mol. The van der Waals surface area contributed by atoms with Crippen molar-refractivity contribution < 1.29 is 0 Å². The molecule has 1 saturated carbocycles. The first kappa shape index (κ1) is 14.6. The van der Waals surface area contributed by atoms with E-state index < -0.39 is 0 Å². The van der Waals surface area contributed by atoms with Crippen LogP contribution in [0, 0.1) is 11.8 Å². The van der Waals surface area contributed by atoms with Crippen LogP contribution >= 0.6 is 0 Å². The summed E-state index contributed by atoms with van der Waals surface area (Å²) in [7, 11) is 0. The maximum absolute atomic E-state index is 4.83. The third-order valence-electron chi connectivity index (χ3n) is 4.45. The van der Waals surface area contributed by atoms with E-state index >= 15 is 0 Å². The molecule has 0 aliphatic heterocycles. The molecule has 114 valence electrons. The van der Waals surface area contributed by atoms with Crippen LogP contribution in [-0.4, -0.2) is 16.2 Å². The highest BCUT2D eigenvalue weighted by Gasteiger charge is 2.28. The lowest BCUT2D eigenvalue weighted by Gasteiger charge is -2.24. The Kier molecular flexibility index (Phi) is 4.03. The summed E-state index contributed by atoms with van der Waals surface area (Å²) in [5, 5.41) is 8.65. The van der Waals surface area contributed by atoms with E-state index in [-0.39, 0.29) is 0 Å². The molecule has 0 aromatic carbocycles. The van der Waals surface area contributed by atoms with Crippen molar-refractivity contribution >= 4 is 5.52 Å². The first-order valence-corrected chi connectivity index (χ1v) is 8.28. The summed E-state index contributed by atoms with van der Waals surface area (Å²) in [6, 6.07) is 6.75. The number of hydrogen-bond acceptors (Lipinski definition) is 2. The Balaban J connectivity index is 2.02. The van der Waals surface area contributed by atoms with Gasteiger partial charge in [-0.15, -0.1) is 0 Å². The largest absolute Gasteiger partial charge is 0.309 e. The molecule has 3 nitrogen and oxygen atoms in total. The van der Waals surface area contributed by atoms with Gasteiger partial charge in [0.2, 0.25) is 0 Å². The second-order valence-electron chi connectivity index (χ2n) is 7.06. The zero-order chi connectivity index (χ0) is 15.0. The Labute approximate surface area is 127 Å². The Morgan fingerprint density at radius 1 is 1.24 bits per heavy atom. The Morgan fingerprint density at radius 2 is 2.00 bits per heavy atom. The van der Waals surface area contributed by atoms with E-state index in [1.165, 1.54) is 29.6 Å². The molecule has 1 atom stereocenters. The minimum Gasteiger partial charge on any atom is -0.309 e. The lowest BCUT2D eigenvalue weighted by molar-refractivity contribution is 0.404. The molecule has 0 radical (unpaired) electrons. The fourth-order valence-electron chi connectivity index (χ4n) is 3.07. The summed E-state index contributed by atoms with van der Waals surface area (Å²) in [6.45, 7) is 10.2. The molecule has 3 heteroatoms. The second-order valence-corrected chi connectivity index (χ2v) is 7.06. The first-order valence-electron chi connectivity index (χ1n) is 8.28. The quantitative estimate of drug-likeness (QED) is 0.863. The predicted molar refractivity (Wildman–Crippen MR) is 87.6 cm³/mol. The van der Waals surface area contributed by atoms with Gasteiger partial charge < -0.3 is 5.32 Å². The van der Waals surface area contributed by atoms with Crippen molar-refractivity contribution in [3.8, 4) is 0 Å². The zero-order valence-electron chi connectivity index (χ0n) is 13.6. The molecule has 2 aromatic rings. The third kappa shape index (κ3) is 2.98. The molecule has 21 heavy (non-hydrogen) atoms. The standard InChI is InChI=1S/C18H27N3/c1-12(2)17(19-11-14-8-9-14)16-15-7-5-6-10-21(15)20-18(16)13(3)4/h5-7,10,12-14,17,19H,8-9,11H2,1-4H3. The van der Waals surface area contributed by atoms with E-state index in [2.05, 4.69) is 57.4 Å². The van der Waals surface area contributed by atoms with Gasteiger partial charge in [0.25, 0.3) is 0 Å². The fraction of sp³-hybridized carbons (Fsp3) is 0.611. The maximum Gasteiger partial charge on any atom is 0.0712 e. The topological polar surface area (TPSA) is 29.3 Å². The SMILES string of the molecule is CC(C)c1nn2ccccc2c1C(NCC1CC1)C(C)C. The second kappa shape index (κ2) is 5.80. The van der Waals surface area contributed by atoms with E-state index in [1.54, 1.807) is 0 Å². The van der Waals surface area contributed by atoms with Gasteiger partial charge in [0.05, 0.1) is 11.2 Å². The highest BCUT2D eigenvalue weighted by atomic mass is 15.2. The van der Waals surface area contributed by atoms with Gasteiger partial charge >= 0.3 is 0 Å². The number of nitrogens with one attached hydrogen (secondary N) is 1. The van der Waals surface area contributed by atoms with E-state index in [0.29, 0.717) is 17.9 Å². The van der Waals surface area contributed by atoms with E-state index in [9.17, 15) is 0 Å². The molecule has 1 aliphatic rings. The first-order chi connectivity index (χ1) is 10.1. The average molecular weight is 285 g/mol. The third-order valence-corrected chi connectivity index (χ3v) is 4.45. The van der Waals surface area contributed by atoms with Crippen LogP contribution in [0.4, 0.5) is 0 Å². The maximum atomic E-state index is 4.83. The van der Waals surface area contributed by atoms with Crippen molar-refractivity contribution in [1.82, 2.24) is 14.9 Å².